The fraction of sp³-hybridized carbons (Fsp3) is 0.375. The molecule has 2 saturated carbocycles. The van der Waals surface area contributed by atoms with Gasteiger partial charge in [-0.15, -0.1) is 0 Å². The summed E-state index contributed by atoms with van der Waals surface area (Å²) in [6, 6.07) is 7.79. The molecule has 0 atom stereocenters. The third-order valence-corrected chi connectivity index (χ3v) is 6.60. The smallest absolute Gasteiger partial charge is 0.314 e. The van der Waals surface area contributed by atoms with Crippen LogP contribution in [0.4, 0.5) is 18.0 Å². The van der Waals surface area contributed by atoms with Crippen LogP contribution >= 0.6 is 0 Å². The van der Waals surface area contributed by atoms with Gasteiger partial charge in [0.25, 0.3) is 0 Å². The van der Waals surface area contributed by atoms with Gasteiger partial charge in [-0.2, -0.15) is 0 Å². The van der Waals surface area contributed by atoms with Crippen LogP contribution in [0.1, 0.15) is 37.2 Å². The van der Waals surface area contributed by atoms with Crippen molar-refractivity contribution in [2.45, 2.75) is 37.2 Å². The SMILES string of the molecule is O=C(NCC1(O)CC1)NC[C@H]1C[C@H](c2c(-c3ccc(F)cc3)[nH]c3c(F)cc(F)cc32)C1. The van der Waals surface area contributed by atoms with E-state index >= 15 is 0 Å². The maximum Gasteiger partial charge on any atom is 0.314 e. The monoisotopic (exact) mass is 443 g/mol. The number of H-pyrrole nitrogens is 1. The highest BCUT2D eigenvalue weighted by Gasteiger charge is 2.40. The molecule has 0 aliphatic heterocycles. The Labute approximate surface area is 183 Å². The largest absolute Gasteiger partial charge is 0.388 e. The molecule has 0 spiro atoms. The molecular formula is C24H24F3N3O2. The number of aromatic amines is 1. The van der Waals surface area contributed by atoms with E-state index in [2.05, 4.69) is 15.6 Å². The molecule has 4 N–H and O–H groups in total. The van der Waals surface area contributed by atoms with Crippen molar-refractivity contribution < 1.29 is 23.1 Å². The number of benzene rings is 2. The number of nitrogens with one attached hydrogen (secondary N) is 3. The summed E-state index contributed by atoms with van der Waals surface area (Å²) in [5.41, 5.74) is 1.68. The Hall–Kier alpha value is -3.00. The molecule has 2 amide bonds. The summed E-state index contributed by atoms with van der Waals surface area (Å²) < 4.78 is 41.9. The normalized spacial score (nSPS) is 21.2. The molecule has 1 aromatic heterocycles. The average Bonchev–Trinajstić information content (AvgIpc) is 3.35. The van der Waals surface area contributed by atoms with Gasteiger partial charge in [0.2, 0.25) is 0 Å². The standard InChI is InChI=1S/C24H24F3N3O2/c25-16-3-1-14(2-4-16)21-20(18-9-17(26)10-19(27)22(18)30-21)15-7-13(8-15)11-28-23(31)29-12-24(32)5-6-24/h1-4,9-10,13,15,30,32H,5-8,11-12H2,(H2,28,29,31)/t13-,15-. The summed E-state index contributed by atoms with van der Waals surface area (Å²) in [4.78, 5) is 15.0. The number of halogens is 3. The number of aliphatic hydroxyl groups is 1. The third kappa shape index (κ3) is 4.07. The molecule has 8 heteroatoms. The van der Waals surface area contributed by atoms with E-state index in [0.717, 1.165) is 24.5 Å². The fourth-order valence-corrected chi connectivity index (χ4v) is 4.51. The number of aromatic nitrogens is 1. The molecule has 32 heavy (non-hydrogen) atoms. The lowest BCUT2D eigenvalue weighted by Crippen LogP contribution is -2.43. The zero-order chi connectivity index (χ0) is 22.5. The minimum Gasteiger partial charge on any atom is -0.388 e. The number of carbonyl (C=O) groups is 1. The molecule has 5 nitrogen and oxygen atoms in total. The molecule has 0 radical (unpaired) electrons. The third-order valence-electron chi connectivity index (χ3n) is 6.60. The highest BCUT2D eigenvalue weighted by atomic mass is 19.1. The Morgan fingerprint density at radius 3 is 2.47 bits per heavy atom. The van der Waals surface area contributed by atoms with Crippen LogP contribution in [0, 0.1) is 23.4 Å². The van der Waals surface area contributed by atoms with Crippen LogP contribution in [0.3, 0.4) is 0 Å². The summed E-state index contributed by atoms with van der Waals surface area (Å²) in [7, 11) is 0. The lowest BCUT2D eigenvalue weighted by atomic mass is 9.70. The molecule has 2 aliphatic carbocycles. The zero-order valence-corrected chi connectivity index (χ0v) is 17.4. The average molecular weight is 443 g/mol. The van der Waals surface area contributed by atoms with Gasteiger partial charge < -0.3 is 20.7 Å². The van der Waals surface area contributed by atoms with Gasteiger partial charge in [0.15, 0.2) is 0 Å². The van der Waals surface area contributed by atoms with Gasteiger partial charge in [-0.1, -0.05) is 0 Å². The van der Waals surface area contributed by atoms with Crippen molar-refractivity contribution in [3.8, 4) is 11.3 Å². The minimum absolute atomic E-state index is 0.0621. The number of hydrogen-bond donors (Lipinski definition) is 4. The Bertz CT molecular complexity index is 1170. The molecule has 3 aromatic rings. The van der Waals surface area contributed by atoms with Crippen molar-refractivity contribution in [2.24, 2.45) is 5.92 Å². The van der Waals surface area contributed by atoms with Gasteiger partial charge in [0.1, 0.15) is 17.5 Å². The molecule has 2 fully saturated rings. The Morgan fingerprint density at radius 2 is 1.78 bits per heavy atom. The topological polar surface area (TPSA) is 77.2 Å². The van der Waals surface area contributed by atoms with Crippen LogP contribution in [0.25, 0.3) is 22.2 Å². The van der Waals surface area contributed by atoms with Gasteiger partial charge >= 0.3 is 6.03 Å². The first-order valence-corrected chi connectivity index (χ1v) is 10.8. The summed E-state index contributed by atoms with van der Waals surface area (Å²) >= 11 is 0. The second kappa shape index (κ2) is 7.85. The second-order valence-corrected chi connectivity index (χ2v) is 9.05. The van der Waals surface area contributed by atoms with Crippen molar-refractivity contribution in [1.29, 1.82) is 0 Å². The van der Waals surface area contributed by atoms with Crippen LogP contribution in [0.15, 0.2) is 36.4 Å². The van der Waals surface area contributed by atoms with E-state index < -0.39 is 17.2 Å². The summed E-state index contributed by atoms with van der Waals surface area (Å²) in [6.45, 7) is 0.733. The molecule has 2 aromatic carbocycles. The number of urea groups is 1. The lowest BCUT2D eigenvalue weighted by Gasteiger charge is -2.36. The summed E-state index contributed by atoms with van der Waals surface area (Å²) in [5, 5.41) is 15.8. The molecule has 2 aliphatic rings. The molecule has 0 bridgehead atoms. The number of carbonyl (C=O) groups excluding carboxylic acids is 1. The van der Waals surface area contributed by atoms with Crippen LogP contribution in [0.5, 0.6) is 0 Å². The predicted molar refractivity (Wildman–Crippen MR) is 115 cm³/mol. The number of amides is 2. The van der Waals surface area contributed by atoms with E-state index in [1.165, 1.54) is 18.2 Å². The van der Waals surface area contributed by atoms with E-state index in [-0.39, 0.29) is 35.7 Å². The van der Waals surface area contributed by atoms with Gasteiger partial charge in [-0.3, -0.25) is 0 Å². The van der Waals surface area contributed by atoms with E-state index in [1.807, 2.05) is 0 Å². The van der Waals surface area contributed by atoms with Crippen molar-refractivity contribution in [3.05, 3.63) is 59.4 Å². The van der Waals surface area contributed by atoms with Gasteiger partial charge in [0.05, 0.1) is 16.8 Å². The number of hydrogen-bond acceptors (Lipinski definition) is 2. The van der Waals surface area contributed by atoms with Crippen molar-refractivity contribution >= 4 is 16.9 Å². The lowest BCUT2D eigenvalue weighted by molar-refractivity contribution is 0.147. The van der Waals surface area contributed by atoms with Gasteiger partial charge in [-0.05, 0) is 79.0 Å². The summed E-state index contributed by atoms with van der Waals surface area (Å²) in [6.07, 6.45) is 2.92. The quantitative estimate of drug-likeness (QED) is 0.451. The van der Waals surface area contributed by atoms with E-state index in [0.29, 0.717) is 36.0 Å². The maximum atomic E-state index is 14.4. The Morgan fingerprint density at radius 1 is 1.06 bits per heavy atom. The molecule has 5 rings (SSSR count). The van der Waals surface area contributed by atoms with E-state index in [1.54, 1.807) is 12.1 Å². The summed E-state index contributed by atoms with van der Waals surface area (Å²) in [5.74, 6) is -1.38. The maximum absolute atomic E-state index is 14.4. The molecule has 0 saturated heterocycles. The van der Waals surface area contributed by atoms with Crippen LogP contribution in [-0.2, 0) is 0 Å². The second-order valence-electron chi connectivity index (χ2n) is 9.05. The Kier molecular flexibility index (Phi) is 5.12. The highest BCUT2D eigenvalue weighted by Crippen LogP contribution is 2.48. The van der Waals surface area contributed by atoms with Crippen molar-refractivity contribution in [2.75, 3.05) is 13.1 Å². The molecule has 1 heterocycles. The van der Waals surface area contributed by atoms with E-state index in [4.69, 9.17) is 0 Å². The first-order valence-electron chi connectivity index (χ1n) is 10.8. The molecule has 168 valence electrons. The first kappa shape index (κ1) is 20.9. The van der Waals surface area contributed by atoms with Gasteiger partial charge in [0, 0.05) is 24.5 Å². The number of rotatable bonds is 6. The molecule has 0 unspecified atom stereocenters. The van der Waals surface area contributed by atoms with E-state index in [9.17, 15) is 23.1 Å². The number of fused-ring (bicyclic) bond motifs is 1. The zero-order valence-electron chi connectivity index (χ0n) is 17.4. The van der Waals surface area contributed by atoms with Crippen molar-refractivity contribution in [3.63, 3.8) is 0 Å². The first-order chi connectivity index (χ1) is 15.3. The predicted octanol–water partition coefficient (Wildman–Crippen LogP) is 4.57. The van der Waals surface area contributed by atoms with Crippen molar-refractivity contribution in [1.82, 2.24) is 15.6 Å². The Balaban J connectivity index is 1.32. The molecular weight excluding hydrogens is 419 g/mol. The minimum atomic E-state index is -0.741. The van der Waals surface area contributed by atoms with Crippen LogP contribution in [0.2, 0.25) is 0 Å². The fourth-order valence-electron chi connectivity index (χ4n) is 4.51. The van der Waals surface area contributed by atoms with Crippen LogP contribution in [-0.4, -0.2) is 34.8 Å². The van der Waals surface area contributed by atoms with Crippen LogP contribution < -0.4 is 10.6 Å². The van der Waals surface area contributed by atoms with Gasteiger partial charge in [-0.25, -0.2) is 18.0 Å². The highest BCUT2D eigenvalue weighted by molar-refractivity contribution is 5.92.